The standard InChI is InChI=1S/C12H15F2N3O2/c1-6(8-3-4-9(13)10(14)5-8)16-11(18)7(2)17-12(15)19/h3-7H,1-2H3,(H,16,18)(H3,15,17,19). The van der Waals surface area contributed by atoms with Gasteiger partial charge in [-0.1, -0.05) is 6.07 Å². The monoisotopic (exact) mass is 271 g/mol. The summed E-state index contributed by atoms with van der Waals surface area (Å²) < 4.78 is 25.8. The number of hydrogen-bond acceptors (Lipinski definition) is 2. The van der Waals surface area contributed by atoms with Crippen LogP contribution in [0.1, 0.15) is 25.5 Å². The Hall–Kier alpha value is -2.18. The molecule has 19 heavy (non-hydrogen) atoms. The van der Waals surface area contributed by atoms with Gasteiger partial charge in [0.25, 0.3) is 0 Å². The van der Waals surface area contributed by atoms with E-state index in [4.69, 9.17) is 5.73 Å². The molecule has 0 saturated carbocycles. The first-order chi connectivity index (χ1) is 8.81. The maximum absolute atomic E-state index is 13.0. The van der Waals surface area contributed by atoms with Crippen LogP contribution in [0.2, 0.25) is 0 Å². The van der Waals surface area contributed by atoms with Gasteiger partial charge < -0.3 is 16.4 Å². The van der Waals surface area contributed by atoms with E-state index in [1.54, 1.807) is 6.92 Å². The third kappa shape index (κ3) is 4.20. The number of primary amides is 1. The van der Waals surface area contributed by atoms with Crippen molar-refractivity contribution >= 4 is 11.9 Å². The molecule has 0 aliphatic heterocycles. The number of nitrogens with two attached hydrogens (primary N) is 1. The minimum absolute atomic E-state index is 0.415. The Morgan fingerprint density at radius 3 is 2.32 bits per heavy atom. The Balaban J connectivity index is 2.68. The molecule has 5 nitrogen and oxygen atoms in total. The molecule has 3 amide bonds. The van der Waals surface area contributed by atoms with E-state index in [-0.39, 0.29) is 0 Å². The number of carbonyl (C=O) groups excluding carboxylic acids is 2. The molecular formula is C12H15F2N3O2. The van der Waals surface area contributed by atoms with Crippen molar-refractivity contribution in [1.82, 2.24) is 10.6 Å². The lowest BCUT2D eigenvalue weighted by atomic mass is 10.1. The van der Waals surface area contributed by atoms with Crippen LogP contribution in [0, 0.1) is 11.6 Å². The quantitative estimate of drug-likeness (QED) is 0.768. The molecule has 1 aromatic carbocycles. The van der Waals surface area contributed by atoms with E-state index in [1.807, 2.05) is 0 Å². The van der Waals surface area contributed by atoms with Crippen molar-refractivity contribution in [2.45, 2.75) is 25.9 Å². The van der Waals surface area contributed by atoms with Crippen molar-refractivity contribution in [3.8, 4) is 0 Å². The van der Waals surface area contributed by atoms with E-state index in [0.717, 1.165) is 12.1 Å². The van der Waals surface area contributed by atoms with Gasteiger partial charge >= 0.3 is 6.03 Å². The third-order valence-corrected chi connectivity index (χ3v) is 2.55. The van der Waals surface area contributed by atoms with Gasteiger partial charge in [-0.15, -0.1) is 0 Å². The average molecular weight is 271 g/mol. The van der Waals surface area contributed by atoms with Crippen LogP contribution in [-0.4, -0.2) is 18.0 Å². The van der Waals surface area contributed by atoms with Gasteiger partial charge in [-0.3, -0.25) is 4.79 Å². The summed E-state index contributed by atoms with van der Waals surface area (Å²) >= 11 is 0. The zero-order valence-electron chi connectivity index (χ0n) is 10.5. The van der Waals surface area contributed by atoms with Gasteiger partial charge in [-0.2, -0.15) is 0 Å². The first kappa shape index (κ1) is 14.9. The van der Waals surface area contributed by atoms with Crippen LogP contribution in [0.5, 0.6) is 0 Å². The zero-order chi connectivity index (χ0) is 14.6. The van der Waals surface area contributed by atoms with Crippen molar-refractivity contribution in [3.63, 3.8) is 0 Å². The molecule has 0 aliphatic carbocycles. The maximum atomic E-state index is 13.0. The van der Waals surface area contributed by atoms with Crippen molar-refractivity contribution < 1.29 is 18.4 Å². The van der Waals surface area contributed by atoms with E-state index < -0.39 is 35.7 Å². The molecule has 0 spiro atoms. The Morgan fingerprint density at radius 2 is 1.79 bits per heavy atom. The Kier molecular flexibility index (Phi) is 4.80. The highest BCUT2D eigenvalue weighted by atomic mass is 19.2. The van der Waals surface area contributed by atoms with Gasteiger partial charge in [0, 0.05) is 0 Å². The van der Waals surface area contributed by atoms with Crippen LogP contribution in [0.3, 0.4) is 0 Å². The third-order valence-electron chi connectivity index (χ3n) is 2.55. The molecular weight excluding hydrogens is 256 g/mol. The van der Waals surface area contributed by atoms with Crippen molar-refractivity contribution in [2.24, 2.45) is 5.73 Å². The molecule has 0 fully saturated rings. The smallest absolute Gasteiger partial charge is 0.312 e. The normalized spacial score (nSPS) is 13.5. The molecule has 2 atom stereocenters. The van der Waals surface area contributed by atoms with E-state index in [2.05, 4.69) is 10.6 Å². The van der Waals surface area contributed by atoms with Crippen molar-refractivity contribution in [1.29, 1.82) is 0 Å². The number of urea groups is 1. The highest BCUT2D eigenvalue weighted by molar-refractivity contribution is 5.86. The number of rotatable bonds is 4. The number of benzene rings is 1. The second kappa shape index (κ2) is 6.12. The summed E-state index contributed by atoms with van der Waals surface area (Å²) in [5.41, 5.74) is 5.30. The fraction of sp³-hybridized carbons (Fsp3) is 0.333. The van der Waals surface area contributed by atoms with Gasteiger partial charge in [0.2, 0.25) is 5.91 Å². The first-order valence-electron chi connectivity index (χ1n) is 5.62. The molecule has 0 aliphatic rings. The van der Waals surface area contributed by atoms with Crippen LogP contribution in [0.4, 0.5) is 13.6 Å². The number of carbonyl (C=O) groups is 2. The second-order valence-electron chi connectivity index (χ2n) is 4.13. The van der Waals surface area contributed by atoms with Crippen LogP contribution >= 0.6 is 0 Å². The summed E-state index contributed by atoms with van der Waals surface area (Å²) in [5, 5.41) is 4.76. The minimum Gasteiger partial charge on any atom is -0.352 e. The summed E-state index contributed by atoms with van der Waals surface area (Å²) in [7, 11) is 0. The molecule has 1 aromatic rings. The predicted octanol–water partition coefficient (Wildman–Crippen LogP) is 1.20. The van der Waals surface area contributed by atoms with E-state index in [0.29, 0.717) is 5.56 Å². The second-order valence-corrected chi connectivity index (χ2v) is 4.13. The lowest BCUT2D eigenvalue weighted by Gasteiger charge is -2.18. The molecule has 1 rings (SSSR count). The molecule has 0 aromatic heterocycles. The van der Waals surface area contributed by atoms with Gasteiger partial charge in [0.05, 0.1) is 6.04 Å². The number of halogens is 2. The summed E-state index contributed by atoms with van der Waals surface area (Å²) in [6, 6.07) is 1.20. The lowest BCUT2D eigenvalue weighted by molar-refractivity contribution is -0.123. The molecule has 7 heteroatoms. The maximum Gasteiger partial charge on any atom is 0.312 e. The lowest BCUT2D eigenvalue weighted by Crippen LogP contribution is -2.47. The van der Waals surface area contributed by atoms with Crippen LogP contribution in [0.25, 0.3) is 0 Å². The molecule has 0 heterocycles. The van der Waals surface area contributed by atoms with Crippen molar-refractivity contribution in [2.75, 3.05) is 0 Å². The predicted molar refractivity (Wildman–Crippen MR) is 65.1 cm³/mol. The number of nitrogens with one attached hydrogen (secondary N) is 2. The topological polar surface area (TPSA) is 84.2 Å². The highest BCUT2D eigenvalue weighted by Crippen LogP contribution is 2.15. The van der Waals surface area contributed by atoms with Gasteiger partial charge in [0.1, 0.15) is 6.04 Å². The molecule has 4 N–H and O–H groups in total. The number of hydrogen-bond donors (Lipinski definition) is 3. The van der Waals surface area contributed by atoms with Crippen LogP contribution < -0.4 is 16.4 Å². The highest BCUT2D eigenvalue weighted by Gasteiger charge is 2.17. The van der Waals surface area contributed by atoms with E-state index in [9.17, 15) is 18.4 Å². The largest absolute Gasteiger partial charge is 0.352 e. The van der Waals surface area contributed by atoms with Gasteiger partial charge in [-0.25, -0.2) is 13.6 Å². The average Bonchev–Trinajstić information content (AvgIpc) is 2.31. The Bertz CT molecular complexity index is 494. The van der Waals surface area contributed by atoms with E-state index in [1.165, 1.54) is 13.0 Å². The van der Waals surface area contributed by atoms with Gasteiger partial charge in [-0.05, 0) is 31.5 Å². The molecule has 0 saturated heterocycles. The molecule has 2 unspecified atom stereocenters. The summed E-state index contributed by atoms with van der Waals surface area (Å²) in [6.45, 7) is 3.07. The Labute approximate surface area is 109 Å². The summed E-state index contributed by atoms with van der Waals surface area (Å²) in [4.78, 5) is 22.3. The Morgan fingerprint density at radius 1 is 1.16 bits per heavy atom. The number of amides is 3. The van der Waals surface area contributed by atoms with E-state index >= 15 is 0 Å². The molecule has 104 valence electrons. The van der Waals surface area contributed by atoms with Crippen LogP contribution in [0.15, 0.2) is 18.2 Å². The fourth-order valence-corrected chi connectivity index (χ4v) is 1.48. The SMILES string of the molecule is CC(NC(N)=O)C(=O)NC(C)c1ccc(F)c(F)c1. The van der Waals surface area contributed by atoms with Gasteiger partial charge in [0.15, 0.2) is 11.6 Å². The summed E-state index contributed by atoms with van der Waals surface area (Å²) in [6.07, 6.45) is 0. The summed E-state index contributed by atoms with van der Waals surface area (Å²) in [5.74, 6) is -2.41. The minimum atomic E-state index is -0.984. The van der Waals surface area contributed by atoms with Crippen molar-refractivity contribution in [3.05, 3.63) is 35.4 Å². The molecule has 0 radical (unpaired) electrons. The first-order valence-corrected chi connectivity index (χ1v) is 5.62. The van der Waals surface area contributed by atoms with Crippen LogP contribution in [-0.2, 0) is 4.79 Å². The fourth-order valence-electron chi connectivity index (χ4n) is 1.48. The zero-order valence-corrected chi connectivity index (χ0v) is 10.5. The molecule has 0 bridgehead atoms.